The second-order valence-corrected chi connectivity index (χ2v) is 4.14. The van der Waals surface area contributed by atoms with Crippen LogP contribution in [0, 0.1) is 5.92 Å². The number of hydrogen-bond acceptors (Lipinski definition) is 2. The largest absolute Gasteiger partial charge is 0.383 e. The van der Waals surface area contributed by atoms with Crippen LogP contribution < -0.4 is 0 Å². The number of carbonyl (C=O) groups excluding carboxylic acids is 1. The molecule has 0 bridgehead atoms. The minimum Gasteiger partial charge on any atom is -0.383 e. The van der Waals surface area contributed by atoms with Crippen molar-refractivity contribution in [1.82, 2.24) is 0 Å². The normalized spacial score (nSPS) is 54.1. The molecule has 0 saturated heterocycles. The summed E-state index contributed by atoms with van der Waals surface area (Å²) in [4.78, 5) is 10.2. The molecule has 1 N–H and O–H groups in total. The topological polar surface area (TPSA) is 37.3 Å². The summed E-state index contributed by atoms with van der Waals surface area (Å²) in [6.07, 6.45) is 4.10. The first kappa shape index (κ1) is 7.32. The zero-order valence-electron chi connectivity index (χ0n) is 6.17. The minimum atomic E-state index is -1.08. The van der Waals surface area contributed by atoms with E-state index >= 15 is 0 Å². The molecule has 3 unspecified atom stereocenters. The van der Waals surface area contributed by atoms with Crippen LogP contribution in [0.5, 0.6) is 0 Å². The van der Waals surface area contributed by atoms with E-state index in [1.165, 1.54) is 0 Å². The first-order valence-electron chi connectivity index (χ1n) is 3.63. The number of rotatable bonds is 0. The van der Waals surface area contributed by atoms with Crippen LogP contribution in [0.4, 0.5) is 0 Å². The number of hydrogen-bond donors (Lipinski definition) is 1. The fraction of sp³-hybridized carbons (Fsp3) is 0.625. The van der Waals surface area contributed by atoms with E-state index in [4.69, 9.17) is 11.6 Å². The molecule has 0 heterocycles. The highest BCUT2D eigenvalue weighted by molar-refractivity contribution is 6.40. The molecule has 3 atom stereocenters. The number of alkyl halides is 1. The van der Waals surface area contributed by atoms with Gasteiger partial charge >= 0.3 is 0 Å². The van der Waals surface area contributed by atoms with E-state index < -0.39 is 10.5 Å². The van der Waals surface area contributed by atoms with Gasteiger partial charge in [-0.2, -0.15) is 0 Å². The molecule has 2 nitrogen and oxygen atoms in total. The molecule has 0 amide bonds. The quantitative estimate of drug-likeness (QED) is 0.435. The molecular weight excluding hydrogens is 164 g/mol. The lowest BCUT2D eigenvalue weighted by Crippen LogP contribution is -2.69. The van der Waals surface area contributed by atoms with Crippen molar-refractivity contribution < 1.29 is 9.90 Å². The zero-order chi connectivity index (χ0) is 8.28. The Bertz CT molecular complexity index is 257. The lowest BCUT2D eigenvalue weighted by atomic mass is 9.61. The Hall–Kier alpha value is -0.340. The molecule has 2 rings (SSSR count). The number of Topliss-reactive ketones (excluding diaryl/α,β-unsaturated/α-hetero) is 1. The zero-order valence-corrected chi connectivity index (χ0v) is 6.93. The van der Waals surface area contributed by atoms with Crippen LogP contribution in [0.15, 0.2) is 12.2 Å². The number of allylic oxidation sites excluding steroid dienone is 1. The molecule has 3 heteroatoms. The van der Waals surface area contributed by atoms with Crippen molar-refractivity contribution in [3.05, 3.63) is 12.2 Å². The van der Waals surface area contributed by atoms with Crippen LogP contribution in [0.25, 0.3) is 0 Å². The molecule has 0 aromatic heterocycles. The van der Waals surface area contributed by atoms with E-state index in [1.807, 2.05) is 6.08 Å². The third-order valence-electron chi connectivity index (χ3n) is 2.81. The Labute approximate surface area is 69.9 Å². The van der Waals surface area contributed by atoms with Crippen LogP contribution in [0.1, 0.15) is 13.3 Å². The average Bonchev–Trinajstić information content (AvgIpc) is 2.30. The smallest absolute Gasteiger partial charge is 0.163 e. The predicted molar refractivity (Wildman–Crippen MR) is 41.5 cm³/mol. The Morgan fingerprint density at radius 3 is 3.00 bits per heavy atom. The average molecular weight is 173 g/mol. The Balaban J connectivity index is 2.42. The van der Waals surface area contributed by atoms with Gasteiger partial charge in [-0.15, -0.1) is 11.6 Å². The maximum absolute atomic E-state index is 11.2. The van der Waals surface area contributed by atoms with E-state index in [1.54, 1.807) is 13.0 Å². The number of ketones is 1. The molecule has 0 radical (unpaired) electrons. The minimum absolute atomic E-state index is 0.0355. The third-order valence-corrected chi connectivity index (χ3v) is 3.30. The monoisotopic (exact) mass is 172 g/mol. The van der Waals surface area contributed by atoms with Gasteiger partial charge in [0.2, 0.25) is 0 Å². The summed E-state index contributed by atoms with van der Waals surface area (Å²) in [7, 11) is 0. The fourth-order valence-corrected chi connectivity index (χ4v) is 2.24. The van der Waals surface area contributed by atoms with Crippen molar-refractivity contribution in [2.75, 3.05) is 0 Å². The maximum Gasteiger partial charge on any atom is 0.163 e. The van der Waals surface area contributed by atoms with Crippen molar-refractivity contribution in [1.29, 1.82) is 0 Å². The van der Waals surface area contributed by atoms with Gasteiger partial charge in [0.25, 0.3) is 0 Å². The molecule has 2 aliphatic rings. The van der Waals surface area contributed by atoms with Crippen molar-refractivity contribution in [3.8, 4) is 0 Å². The second-order valence-electron chi connectivity index (χ2n) is 3.38. The molecule has 1 fully saturated rings. The van der Waals surface area contributed by atoms with E-state index in [9.17, 15) is 9.90 Å². The van der Waals surface area contributed by atoms with Gasteiger partial charge in [-0.1, -0.05) is 12.2 Å². The summed E-state index contributed by atoms with van der Waals surface area (Å²) in [6.45, 7) is 1.57. The lowest BCUT2D eigenvalue weighted by molar-refractivity contribution is -0.155. The highest BCUT2D eigenvalue weighted by Gasteiger charge is 2.68. The van der Waals surface area contributed by atoms with Crippen LogP contribution in [-0.2, 0) is 4.79 Å². The van der Waals surface area contributed by atoms with Crippen LogP contribution in [0.3, 0.4) is 0 Å². The molecule has 1 saturated carbocycles. The van der Waals surface area contributed by atoms with E-state index in [0.717, 1.165) is 0 Å². The summed E-state index contributed by atoms with van der Waals surface area (Å²) in [6, 6.07) is 0. The van der Waals surface area contributed by atoms with Crippen LogP contribution in [-0.4, -0.2) is 21.4 Å². The highest BCUT2D eigenvalue weighted by Crippen LogP contribution is 2.54. The Morgan fingerprint density at radius 2 is 2.45 bits per heavy atom. The van der Waals surface area contributed by atoms with Gasteiger partial charge in [0.1, 0.15) is 10.5 Å². The summed E-state index contributed by atoms with van der Waals surface area (Å²) in [5.74, 6) is -0.309. The Morgan fingerprint density at radius 1 is 1.82 bits per heavy atom. The van der Waals surface area contributed by atoms with Gasteiger partial charge in [-0.3, -0.25) is 4.79 Å². The van der Waals surface area contributed by atoms with Crippen molar-refractivity contribution in [2.45, 2.75) is 23.8 Å². The second kappa shape index (κ2) is 1.70. The van der Waals surface area contributed by atoms with E-state index in [-0.39, 0.29) is 11.7 Å². The van der Waals surface area contributed by atoms with Gasteiger partial charge in [-0.05, 0) is 13.3 Å². The molecular formula is C8H9ClO2. The summed E-state index contributed by atoms with van der Waals surface area (Å²) < 4.78 is 0. The van der Waals surface area contributed by atoms with Crippen molar-refractivity contribution in [2.24, 2.45) is 5.92 Å². The molecule has 0 aromatic carbocycles. The first-order valence-corrected chi connectivity index (χ1v) is 4.01. The number of halogens is 1. The predicted octanol–water partition coefficient (Wildman–Crippen LogP) is 0.874. The van der Waals surface area contributed by atoms with Crippen molar-refractivity contribution in [3.63, 3.8) is 0 Å². The number of aliphatic hydroxyl groups is 1. The summed E-state index contributed by atoms with van der Waals surface area (Å²) in [5, 5.41) is 9.81. The van der Waals surface area contributed by atoms with E-state index in [0.29, 0.717) is 6.42 Å². The maximum atomic E-state index is 11.2. The summed E-state index contributed by atoms with van der Waals surface area (Å²) >= 11 is 5.85. The van der Waals surface area contributed by atoms with Crippen molar-refractivity contribution >= 4 is 17.4 Å². The molecule has 2 aliphatic carbocycles. The molecule has 60 valence electrons. The lowest BCUT2D eigenvalue weighted by Gasteiger charge is -2.50. The fourth-order valence-electron chi connectivity index (χ4n) is 1.92. The van der Waals surface area contributed by atoms with Gasteiger partial charge in [0, 0.05) is 0 Å². The summed E-state index contributed by atoms with van der Waals surface area (Å²) in [5.41, 5.74) is -1.06. The van der Waals surface area contributed by atoms with E-state index in [2.05, 4.69) is 0 Å². The molecule has 0 aliphatic heterocycles. The molecule has 11 heavy (non-hydrogen) atoms. The van der Waals surface area contributed by atoms with Gasteiger partial charge in [0.15, 0.2) is 5.78 Å². The van der Waals surface area contributed by atoms with Gasteiger partial charge < -0.3 is 5.11 Å². The Kier molecular flexibility index (Phi) is 1.13. The standard InChI is InChI=1S/C8H9ClO2/c1-7(9)6(10)5-3-2-4-8(5,7)11/h2,4-5,11H,3H2,1H3. The van der Waals surface area contributed by atoms with Gasteiger partial charge in [0.05, 0.1) is 5.92 Å². The van der Waals surface area contributed by atoms with Crippen LogP contribution in [0.2, 0.25) is 0 Å². The first-order chi connectivity index (χ1) is 5.00. The van der Waals surface area contributed by atoms with Gasteiger partial charge in [-0.25, -0.2) is 0 Å². The third kappa shape index (κ3) is 0.565. The number of carbonyl (C=O) groups is 1. The SMILES string of the molecule is CC1(Cl)C(=O)C2CC=CC21O. The molecule has 0 aromatic rings. The molecule has 0 spiro atoms. The highest BCUT2D eigenvalue weighted by atomic mass is 35.5. The number of fused-ring (bicyclic) bond motifs is 1. The van der Waals surface area contributed by atoms with Crippen LogP contribution >= 0.6 is 11.6 Å².